The molecule has 4 nitrogen and oxygen atoms in total. The Bertz CT molecular complexity index is 813. The number of halogens is 1. The molecule has 2 aromatic carbocycles. The molecule has 0 aliphatic heterocycles. The average molecular weight is 343 g/mol. The Kier molecular flexibility index (Phi) is 5.77. The van der Waals surface area contributed by atoms with Gasteiger partial charge in [-0.25, -0.2) is 0 Å². The number of hydrogen-bond donors (Lipinski definition) is 2. The minimum absolute atomic E-state index is 0.204. The summed E-state index contributed by atoms with van der Waals surface area (Å²) >= 11 is 6.08. The third-order valence-corrected chi connectivity index (χ3v) is 3.70. The van der Waals surface area contributed by atoms with Gasteiger partial charge in [0, 0.05) is 18.7 Å². The minimum Gasteiger partial charge on any atom is -0.325 e. The lowest BCUT2D eigenvalue weighted by Crippen LogP contribution is -2.09. The van der Waals surface area contributed by atoms with Crippen molar-refractivity contribution in [1.82, 2.24) is 0 Å². The van der Waals surface area contributed by atoms with Gasteiger partial charge in [-0.05, 0) is 49.2 Å². The minimum atomic E-state index is -0.252. The summed E-state index contributed by atoms with van der Waals surface area (Å²) in [5.74, 6) is -0.455. The monoisotopic (exact) mass is 342 g/mol. The first kappa shape index (κ1) is 17.8. The van der Waals surface area contributed by atoms with Crippen LogP contribution in [0.25, 0.3) is 6.08 Å². The molecule has 2 amide bonds. The Morgan fingerprint density at radius 2 is 1.79 bits per heavy atom. The van der Waals surface area contributed by atoms with Gasteiger partial charge in [0.1, 0.15) is 0 Å². The lowest BCUT2D eigenvalue weighted by Gasteiger charge is -2.08. The number of amides is 2. The molecule has 2 aromatic rings. The van der Waals surface area contributed by atoms with Crippen molar-refractivity contribution in [1.29, 1.82) is 0 Å². The summed E-state index contributed by atoms with van der Waals surface area (Å²) in [4.78, 5) is 23.1. The van der Waals surface area contributed by atoms with Crippen molar-refractivity contribution in [2.45, 2.75) is 20.8 Å². The van der Waals surface area contributed by atoms with E-state index in [9.17, 15) is 9.59 Å². The smallest absolute Gasteiger partial charge is 0.248 e. The molecule has 0 aliphatic carbocycles. The van der Waals surface area contributed by atoms with Crippen LogP contribution in [0.2, 0.25) is 5.02 Å². The van der Waals surface area contributed by atoms with Crippen molar-refractivity contribution in [3.63, 3.8) is 0 Å². The Balaban J connectivity index is 2.05. The standard InChI is InChI=1S/C19H19ClN2O2/c1-12-4-5-15(13(2)10-12)6-9-19(24)22-16-7-8-18(17(20)11-16)21-14(3)23/h4-11H,1-3H3,(H,21,23)(H,22,24)/b9-6+. The van der Waals surface area contributed by atoms with Crippen LogP contribution in [0, 0.1) is 13.8 Å². The molecule has 0 radical (unpaired) electrons. The van der Waals surface area contributed by atoms with Crippen LogP contribution in [0.5, 0.6) is 0 Å². The van der Waals surface area contributed by atoms with Crippen molar-refractivity contribution < 1.29 is 9.59 Å². The third-order valence-electron chi connectivity index (χ3n) is 3.39. The maximum absolute atomic E-state index is 12.0. The Morgan fingerprint density at radius 3 is 2.42 bits per heavy atom. The maximum atomic E-state index is 12.0. The van der Waals surface area contributed by atoms with Crippen LogP contribution < -0.4 is 10.6 Å². The van der Waals surface area contributed by atoms with E-state index in [1.54, 1.807) is 24.3 Å². The molecule has 0 fully saturated rings. The predicted molar refractivity (Wildman–Crippen MR) is 99.3 cm³/mol. The highest BCUT2D eigenvalue weighted by Gasteiger charge is 2.05. The summed E-state index contributed by atoms with van der Waals surface area (Å²) in [7, 11) is 0. The number of hydrogen-bond acceptors (Lipinski definition) is 2. The summed E-state index contributed by atoms with van der Waals surface area (Å²) in [6.45, 7) is 5.44. The van der Waals surface area contributed by atoms with Crippen LogP contribution >= 0.6 is 11.6 Å². The van der Waals surface area contributed by atoms with Gasteiger partial charge in [0.25, 0.3) is 0 Å². The second kappa shape index (κ2) is 7.79. The van der Waals surface area contributed by atoms with Crippen molar-refractivity contribution in [3.05, 3.63) is 64.2 Å². The summed E-state index contributed by atoms with van der Waals surface area (Å²) in [6.07, 6.45) is 3.25. The fourth-order valence-corrected chi connectivity index (χ4v) is 2.47. The molecule has 0 atom stereocenters. The van der Waals surface area contributed by atoms with Crippen LogP contribution in [0.15, 0.2) is 42.5 Å². The first-order chi connectivity index (χ1) is 11.3. The molecule has 124 valence electrons. The quantitative estimate of drug-likeness (QED) is 0.800. The molecule has 0 heterocycles. The highest BCUT2D eigenvalue weighted by molar-refractivity contribution is 6.34. The number of aryl methyl sites for hydroxylation is 2. The first-order valence-corrected chi connectivity index (χ1v) is 7.86. The molecule has 0 bridgehead atoms. The molecule has 2 rings (SSSR count). The molecular weight excluding hydrogens is 324 g/mol. The average Bonchev–Trinajstić information content (AvgIpc) is 2.49. The normalized spacial score (nSPS) is 10.7. The second-order valence-electron chi connectivity index (χ2n) is 5.56. The number of carbonyl (C=O) groups is 2. The van der Waals surface area contributed by atoms with Crippen LogP contribution in [-0.4, -0.2) is 11.8 Å². The highest BCUT2D eigenvalue weighted by Crippen LogP contribution is 2.25. The number of nitrogens with one attached hydrogen (secondary N) is 2. The van der Waals surface area contributed by atoms with Crippen molar-refractivity contribution in [2.75, 3.05) is 10.6 Å². The van der Waals surface area contributed by atoms with Gasteiger partial charge in [0.15, 0.2) is 0 Å². The van der Waals surface area contributed by atoms with Crippen molar-refractivity contribution in [2.24, 2.45) is 0 Å². The van der Waals surface area contributed by atoms with Crippen LogP contribution in [0.3, 0.4) is 0 Å². The van der Waals surface area contributed by atoms with Gasteiger partial charge in [-0.1, -0.05) is 35.4 Å². The van der Waals surface area contributed by atoms with E-state index in [1.807, 2.05) is 26.0 Å². The Morgan fingerprint density at radius 1 is 1.04 bits per heavy atom. The van der Waals surface area contributed by atoms with Crippen LogP contribution in [0.1, 0.15) is 23.6 Å². The fourth-order valence-electron chi connectivity index (χ4n) is 2.25. The number of carbonyl (C=O) groups excluding carboxylic acids is 2. The molecule has 0 spiro atoms. The van der Waals surface area contributed by atoms with Crippen molar-refractivity contribution in [3.8, 4) is 0 Å². The van der Waals surface area contributed by atoms with Gasteiger partial charge >= 0.3 is 0 Å². The van der Waals surface area contributed by atoms with E-state index in [2.05, 4.69) is 16.7 Å². The van der Waals surface area contributed by atoms with E-state index in [1.165, 1.54) is 18.6 Å². The zero-order valence-electron chi connectivity index (χ0n) is 13.8. The first-order valence-electron chi connectivity index (χ1n) is 7.48. The summed E-state index contributed by atoms with van der Waals surface area (Å²) in [5.41, 5.74) is 4.36. The zero-order chi connectivity index (χ0) is 17.7. The highest BCUT2D eigenvalue weighted by atomic mass is 35.5. The SMILES string of the molecule is CC(=O)Nc1ccc(NC(=O)/C=C/c2ccc(C)cc2C)cc1Cl. The lowest BCUT2D eigenvalue weighted by atomic mass is 10.1. The largest absolute Gasteiger partial charge is 0.325 e. The van der Waals surface area contributed by atoms with E-state index in [-0.39, 0.29) is 11.8 Å². The van der Waals surface area contributed by atoms with Gasteiger partial charge in [0.05, 0.1) is 10.7 Å². The van der Waals surface area contributed by atoms with E-state index < -0.39 is 0 Å². The van der Waals surface area contributed by atoms with Gasteiger partial charge < -0.3 is 10.6 Å². The molecular formula is C19H19ClN2O2. The van der Waals surface area contributed by atoms with E-state index in [4.69, 9.17) is 11.6 Å². The second-order valence-corrected chi connectivity index (χ2v) is 5.97. The molecule has 24 heavy (non-hydrogen) atoms. The third kappa shape index (κ3) is 4.96. The number of benzene rings is 2. The molecule has 0 unspecified atom stereocenters. The van der Waals surface area contributed by atoms with Crippen LogP contribution in [-0.2, 0) is 9.59 Å². The lowest BCUT2D eigenvalue weighted by molar-refractivity contribution is -0.114. The Labute approximate surface area is 146 Å². The summed E-state index contributed by atoms with van der Waals surface area (Å²) in [6, 6.07) is 11.0. The fraction of sp³-hybridized carbons (Fsp3) is 0.158. The number of rotatable bonds is 4. The van der Waals surface area contributed by atoms with Gasteiger partial charge in [-0.15, -0.1) is 0 Å². The molecule has 5 heteroatoms. The van der Waals surface area contributed by atoms with Crippen molar-refractivity contribution >= 4 is 40.9 Å². The van der Waals surface area contributed by atoms with Gasteiger partial charge in [-0.2, -0.15) is 0 Å². The molecule has 0 saturated carbocycles. The van der Waals surface area contributed by atoms with Crippen LogP contribution in [0.4, 0.5) is 11.4 Å². The number of anilines is 2. The predicted octanol–water partition coefficient (Wildman–Crippen LogP) is 4.57. The topological polar surface area (TPSA) is 58.2 Å². The maximum Gasteiger partial charge on any atom is 0.248 e. The molecule has 0 aromatic heterocycles. The Hall–Kier alpha value is -2.59. The van der Waals surface area contributed by atoms with E-state index in [0.717, 1.165) is 11.1 Å². The molecule has 0 saturated heterocycles. The van der Waals surface area contributed by atoms with E-state index >= 15 is 0 Å². The van der Waals surface area contributed by atoms with Gasteiger partial charge in [0.2, 0.25) is 11.8 Å². The summed E-state index contributed by atoms with van der Waals surface area (Å²) in [5, 5.41) is 5.72. The summed E-state index contributed by atoms with van der Waals surface area (Å²) < 4.78 is 0. The molecule has 2 N–H and O–H groups in total. The van der Waals surface area contributed by atoms with Gasteiger partial charge in [-0.3, -0.25) is 9.59 Å². The van der Waals surface area contributed by atoms with E-state index in [0.29, 0.717) is 16.4 Å². The zero-order valence-corrected chi connectivity index (χ0v) is 14.6. The molecule has 0 aliphatic rings.